The molecule has 1 N–H and O–H groups in total. The van der Waals surface area contributed by atoms with Crippen molar-refractivity contribution in [3.05, 3.63) is 47.6 Å². The predicted octanol–water partition coefficient (Wildman–Crippen LogP) is 2.28. The molecule has 0 unspecified atom stereocenters. The van der Waals surface area contributed by atoms with Crippen LogP contribution in [0.25, 0.3) is 6.08 Å². The van der Waals surface area contributed by atoms with Crippen molar-refractivity contribution in [2.75, 3.05) is 0 Å². The van der Waals surface area contributed by atoms with Crippen LogP contribution >= 0.6 is 0 Å². The number of rotatable bonds is 2. The Labute approximate surface area is 93.7 Å². The van der Waals surface area contributed by atoms with Crippen LogP contribution in [0, 0.1) is 0 Å². The van der Waals surface area contributed by atoms with Gasteiger partial charge in [0.1, 0.15) is 11.9 Å². The van der Waals surface area contributed by atoms with Gasteiger partial charge in [-0.05, 0) is 36.8 Å². The molecule has 0 radical (unpaired) electrons. The summed E-state index contributed by atoms with van der Waals surface area (Å²) < 4.78 is 4.96. The number of esters is 1. The van der Waals surface area contributed by atoms with Gasteiger partial charge in [-0.2, -0.15) is 0 Å². The number of aromatic hydroxyl groups is 1. The fraction of sp³-hybridized carbons (Fsp3) is 0.154. The van der Waals surface area contributed by atoms with E-state index in [1.807, 2.05) is 13.0 Å². The van der Waals surface area contributed by atoms with Crippen LogP contribution in [-0.4, -0.2) is 17.2 Å². The highest BCUT2D eigenvalue weighted by Crippen LogP contribution is 2.16. The molecule has 0 saturated carbocycles. The van der Waals surface area contributed by atoms with Crippen LogP contribution in [0.3, 0.4) is 0 Å². The molecule has 0 fully saturated rings. The van der Waals surface area contributed by atoms with Gasteiger partial charge >= 0.3 is 5.97 Å². The summed E-state index contributed by atoms with van der Waals surface area (Å²) in [4.78, 5) is 11.3. The zero-order valence-electron chi connectivity index (χ0n) is 8.88. The van der Waals surface area contributed by atoms with Crippen LogP contribution in [0.4, 0.5) is 0 Å². The zero-order valence-corrected chi connectivity index (χ0v) is 8.88. The van der Waals surface area contributed by atoms with E-state index in [0.29, 0.717) is 5.57 Å². The molecule has 1 atom stereocenters. The fourth-order valence-corrected chi connectivity index (χ4v) is 1.49. The van der Waals surface area contributed by atoms with Crippen molar-refractivity contribution in [3.63, 3.8) is 0 Å². The molecule has 0 bridgehead atoms. The van der Waals surface area contributed by atoms with Gasteiger partial charge in [-0.25, -0.2) is 4.79 Å². The highest BCUT2D eigenvalue weighted by molar-refractivity contribution is 5.95. The number of carbonyl (C=O) groups excluding carboxylic acids is 1. The highest BCUT2D eigenvalue weighted by atomic mass is 16.5. The highest BCUT2D eigenvalue weighted by Gasteiger charge is 2.19. The van der Waals surface area contributed by atoms with Gasteiger partial charge in [0, 0.05) is 0 Å². The SMILES string of the molecule is C[C@@H]1C=C(/C=C/c2ccc(O)cc2)C(=O)O1. The van der Waals surface area contributed by atoms with Gasteiger partial charge < -0.3 is 9.84 Å². The summed E-state index contributed by atoms with van der Waals surface area (Å²) in [5, 5.41) is 9.10. The quantitative estimate of drug-likeness (QED) is 0.771. The molecular weight excluding hydrogens is 204 g/mol. The minimum atomic E-state index is -0.289. The molecule has 0 aromatic heterocycles. The Hall–Kier alpha value is -2.03. The number of benzene rings is 1. The van der Waals surface area contributed by atoms with E-state index in [1.165, 1.54) is 0 Å². The molecule has 1 aliphatic heterocycles. The Bertz CT molecular complexity index is 455. The lowest BCUT2D eigenvalue weighted by Crippen LogP contribution is -2.02. The number of phenols is 1. The summed E-state index contributed by atoms with van der Waals surface area (Å²) >= 11 is 0. The van der Waals surface area contributed by atoms with Gasteiger partial charge in [-0.3, -0.25) is 0 Å². The molecule has 3 heteroatoms. The second kappa shape index (κ2) is 4.23. The Morgan fingerprint density at radius 2 is 1.94 bits per heavy atom. The molecular formula is C13H12O3. The average Bonchev–Trinajstić information content (AvgIpc) is 2.57. The van der Waals surface area contributed by atoms with Crippen LogP contribution in [0.2, 0.25) is 0 Å². The van der Waals surface area contributed by atoms with Crippen molar-refractivity contribution in [3.8, 4) is 5.75 Å². The summed E-state index contributed by atoms with van der Waals surface area (Å²) in [5.41, 5.74) is 1.49. The van der Waals surface area contributed by atoms with Crippen molar-refractivity contribution < 1.29 is 14.6 Å². The second-order valence-electron chi connectivity index (χ2n) is 3.66. The zero-order chi connectivity index (χ0) is 11.5. The maximum atomic E-state index is 11.3. The van der Waals surface area contributed by atoms with Crippen molar-refractivity contribution in [1.82, 2.24) is 0 Å². The third kappa shape index (κ3) is 2.31. The molecule has 2 rings (SSSR count). The van der Waals surface area contributed by atoms with E-state index >= 15 is 0 Å². The van der Waals surface area contributed by atoms with Gasteiger partial charge in [-0.15, -0.1) is 0 Å². The third-order valence-electron chi connectivity index (χ3n) is 2.29. The lowest BCUT2D eigenvalue weighted by atomic mass is 10.1. The lowest BCUT2D eigenvalue weighted by molar-refractivity contribution is -0.138. The van der Waals surface area contributed by atoms with Crippen molar-refractivity contribution in [1.29, 1.82) is 0 Å². The van der Waals surface area contributed by atoms with Crippen molar-refractivity contribution in [2.45, 2.75) is 13.0 Å². The summed E-state index contributed by atoms with van der Waals surface area (Å²) in [6.45, 7) is 1.82. The number of cyclic esters (lactones) is 1. The topological polar surface area (TPSA) is 46.5 Å². The van der Waals surface area contributed by atoms with Crippen LogP contribution in [-0.2, 0) is 9.53 Å². The first-order valence-electron chi connectivity index (χ1n) is 5.05. The van der Waals surface area contributed by atoms with Gasteiger partial charge in [0.15, 0.2) is 0 Å². The van der Waals surface area contributed by atoms with E-state index in [2.05, 4.69) is 0 Å². The van der Waals surface area contributed by atoms with E-state index < -0.39 is 0 Å². The predicted molar refractivity (Wildman–Crippen MR) is 60.8 cm³/mol. The molecule has 1 aromatic rings. The van der Waals surface area contributed by atoms with E-state index in [0.717, 1.165) is 5.56 Å². The molecule has 0 aliphatic carbocycles. The van der Waals surface area contributed by atoms with E-state index in [-0.39, 0.29) is 17.8 Å². The molecule has 16 heavy (non-hydrogen) atoms. The maximum Gasteiger partial charge on any atom is 0.338 e. The first-order chi connectivity index (χ1) is 7.65. The van der Waals surface area contributed by atoms with Crippen LogP contribution in [0.15, 0.2) is 42.0 Å². The monoisotopic (exact) mass is 216 g/mol. The minimum absolute atomic E-state index is 0.146. The van der Waals surface area contributed by atoms with Crippen molar-refractivity contribution in [2.24, 2.45) is 0 Å². The first kappa shape index (κ1) is 10.5. The van der Waals surface area contributed by atoms with Gasteiger partial charge in [0.2, 0.25) is 0 Å². The molecule has 1 aromatic carbocycles. The Kier molecular flexibility index (Phi) is 2.77. The molecule has 1 aliphatic rings. The fourth-order valence-electron chi connectivity index (χ4n) is 1.49. The summed E-state index contributed by atoms with van der Waals surface area (Å²) in [7, 11) is 0. The van der Waals surface area contributed by atoms with Gasteiger partial charge in [0.05, 0.1) is 5.57 Å². The molecule has 82 valence electrons. The van der Waals surface area contributed by atoms with Gasteiger partial charge in [-0.1, -0.05) is 18.2 Å². The molecule has 0 spiro atoms. The maximum absolute atomic E-state index is 11.3. The Balaban J connectivity index is 2.13. The van der Waals surface area contributed by atoms with Gasteiger partial charge in [0.25, 0.3) is 0 Å². The third-order valence-corrected chi connectivity index (χ3v) is 2.29. The van der Waals surface area contributed by atoms with Crippen LogP contribution in [0.1, 0.15) is 12.5 Å². The number of ether oxygens (including phenoxy) is 1. The average molecular weight is 216 g/mol. The Morgan fingerprint density at radius 3 is 2.50 bits per heavy atom. The largest absolute Gasteiger partial charge is 0.508 e. The van der Waals surface area contributed by atoms with Crippen molar-refractivity contribution >= 4 is 12.0 Å². The number of hydrogen-bond donors (Lipinski definition) is 1. The molecule has 0 saturated heterocycles. The number of phenolic OH excluding ortho intramolecular Hbond substituents is 1. The normalized spacial score (nSPS) is 19.9. The lowest BCUT2D eigenvalue weighted by Gasteiger charge is -1.96. The van der Waals surface area contributed by atoms with E-state index in [9.17, 15) is 4.79 Å². The standard InChI is InChI=1S/C13H12O3/c1-9-8-11(13(15)16-9)5-2-10-3-6-12(14)7-4-10/h2-9,14H,1H3/b5-2+/t9-/m1/s1. The molecule has 0 amide bonds. The molecule has 3 nitrogen and oxygen atoms in total. The number of hydrogen-bond acceptors (Lipinski definition) is 3. The van der Waals surface area contributed by atoms with Crippen LogP contribution in [0.5, 0.6) is 5.75 Å². The smallest absolute Gasteiger partial charge is 0.338 e. The second-order valence-corrected chi connectivity index (χ2v) is 3.66. The molecule has 1 heterocycles. The number of carbonyl (C=O) groups is 1. The van der Waals surface area contributed by atoms with E-state index in [4.69, 9.17) is 9.84 Å². The Morgan fingerprint density at radius 1 is 1.25 bits per heavy atom. The minimum Gasteiger partial charge on any atom is -0.508 e. The summed E-state index contributed by atoms with van der Waals surface area (Å²) in [5.74, 6) is -0.0622. The first-order valence-corrected chi connectivity index (χ1v) is 5.05. The van der Waals surface area contributed by atoms with Crippen LogP contribution < -0.4 is 0 Å². The summed E-state index contributed by atoms with van der Waals surface area (Å²) in [6.07, 6.45) is 5.16. The summed E-state index contributed by atoms with van der Waals surface area (Å²) in [6, 6.07) is 6.75. The van der Waals surface area contributed by atoms with E-state index in [1.54, 1.807) is 36.4 Å².